The lowest BCUT2D eigenvalue weighted by Crippen LogP contribution is -2.57. The van der Waals surface area contributed by atoms with Crippen molar-refractivity contribution in [2.45, 2.75) is 38.4 Å². The molecule has 0 atom stereocenters. The minimum Gasteiger partial charge on any atom is -0.508 e. The van der Waals surface area contributed by atoms with Gasteiger partial charge in [-0.2, -0.15) is 0 Å². The summed E-state index contributed by atoms with van der Waals surface area (Å²) in [4.78, 5) is 6.72. The molecule has 0 spiro atoms. The van der Waals surface area contributed by atoms with Crippen molar-refractivity contribution in [2.75, 3.05) is 31.9 Å². The summed E-state index contributed by atoms with van der Waals surface area (Å²) in [6.07, 6.45) is 1.79. The zero-order valence-electron chi connectivity index (χ0n) is 15.7. The van der Waals surface area contributed by atoms with Gasteiger partial charge in [-0.1, -0.05) is 12.1 Å². The largest absolute Gasteiger partial charge is 0.508 e. The summed E-state index contributed by atoms with van der Waals surface area (Å²) in [6.45, 7) is 7.94. The number of halogens is 1. The van der Waals surface area contributed by atoms with Gasteiger partial charge >= 0.3 is 0 Å². The quantitative estimate of drug-likeness (QED) is 0.284. The number of nitrogens with one attached hydrogen (secondary N) is 1. The Bertz CT molecular complexity index is 703. The molecule has 1 fully saturated rings. The Balaban J connectivity index is 0.00000338. The molecule has 6 nitrogen and oxygen atoms in total. The van der Waals surface area contributed by atoms with E-state index in [9.17, 15) is 13.5 Å². The summed E-state index contributed by atoms with van der Waals surface area (Å²) < 4.78 is 23.6. The third-order valence-electron chi connectivity index (χ3n) is 4.50. The molecule has 2 rings (SSSR count). The van der Waals surface area contributed by atoms with Gasteiger partial charge in [0.25, 0.3) is 0 Å². The van der Waals surface area contributed by atoms with Crippen LogP contribution >= 0.6 is 24.0 Å². The number of nitrogens with zero attached hydrogens (tertiary/aromatic N) is 2. The van der Waals surface area contributed by atoms with Gasteiger partial charge in [0, 0.05) is 26.2 Å². The second-order valence-electron chi connectivity index (χ2n) is 7.01. The van der Waals surface area contributed by atoms with Crippen LogP contribution in [0.2, 0.25) is 0 Å². The van der Waals surface area contributed by atoms with E-state index >= 15 is 0 Å². The zero-order valence-corrected chi connectivity index (χ0v) is 18.9. The van der Waals surface area contributed by atoms with E-state index in [0.29, 0.717) is 19.6 Å². The fraction of sp³-hybridized carbons (Fsp3) is 0.611. The van der Waals surface area contributed by atoms with E-state index in [-0.39, 0.29) is 35.5 Å². The Hall–Kier alpha value is -1.03. The second-order valence-corrected chi connectivity index (χ2v) is 9.75. The molecule has 1 saturated heterocycles. The van der Waals surface area contributed by atoms with Gasteiger partial charge in [0.05, 0.1) is 10.5 Å². The van der Waals surface area contributed by atoms with Crippen molar-refractivity contribution in [1.29, 1.82) is 0 Å². The average Bonchev–Trinajstić information content (AvgIpc) is 2.55. The molecular formula is C18H30IN3O3S. The highest BCUT2D eigenvalue weighted by atomic mass is 127. The predicted octanol–water partition coefficient (Wildman–Crippen LogP) is 2.42. The molecule has 1 aliphatic rings. The van der Waals surface area contributed by atoms with Crippen LogP contribution in [0.5, 0.6) is 5.75 Å². The first-order valence-corrected chi connectivity index (χ1v) is 10.4. The Morgan fingerprint density at radius 3 is 2.54 bits per heavy atom. The van der Waals surface area contributed by atoms with Crippen LogP contribution in [0.15, 0.2) is 29.3 Å². The van der Waals surface area contributed by atoms with Crippen LogP contribution in [0.3, 0.4) is 0 Å². The topological polar surface area (TPSA) is 82.0 Å². The molecule has 0 aliphatic carbocycles. The predicted molar refractivity (Wildman–Crippen MR) is 117 cm³/mol. The molecule has 0 radical (unpaired) electrons. The third kappa shape index (κ3) is 6.00. The second kappa shape index (κ2) is 9.77. The Kier molecular flexibility index (Phi) is 8.65. The molecule has 1 aromatic carbocycles. The Labute approximate surface area is 174 Å². The highest BCUT2D eigenvalue weighted by Crippen LogP contribution is 2.23. The molecule has 148 valence electrons. The number of benzene rings is 1. The number of sulfone groups is 1. The van der Waals surface area contributed by atoms with E-state index in [1.165, 1.54) is 5.56 Å². The molecule has 0 amide bonds. The minimum absolute atomic E-state index is 0. The van der Waals surface area contributed by atoms with Gasteiger partial charge < -0.3 is 15.3 Å². The summed E-state index contributed by atoms with van der Waals surface area (Å²) >= 11 is 0. The minimum atomic E-state index is -3.05. The van der Waals surface area contributed by atoms with Gasteiger partial charge in [0.15, 0.2) is 15.8 Å². The Morgan fingerprint density at radius 1 is 1.31 bits per heavy atom. The van der Waals surface area contributed by atoms with Crippen LogP contribution in [-0.4, -0.2) is 61.1 Å². The van der Waals surface area contributed by atoms with Gasteiger partial charge in [-0.3, -0.25) is 4.99 Å². The SMILES string of the molecule is CCNC(=NCCCc1ccc(O)cc1)N1CCS(=O)(=O)C(C)(C)C1.I. The zero-order chi connectivity index (χ0) is 18.5. The fourth-order valence-corrected chi connectivity index (χ4v) is 4.25. The molecule has 1 aromatic rings. The summed E-state index contributed by atoms with van der Waals surface area (Å²) in [5.41, 5.74) is 1.17. The smallest absolute Gasteiger partial charge is 0.193 e. The van der Waals surface area contributed by atoms with Crippen molar-refractivity contribution < 1.29 is 13.5 Å². The van der Waals surface area contributed by atoms with Crippen LogP contribution in [0.25, 0.3) is 0 Å². The lowest BCUT2D eigenvalue weighted by atomic mass is 10.1. The number of aryl methyl sites for hydroxylation is 1. The van der Waals surface area contributed by atoms with Crippen LogP contribution in [-0.2, 0) is 16.3 Å². The van der Waals surface area contributed by atoms with E-state index in [1.807, 2.05) is 24.0 Å². The van der Waals surface area contributed by atoms with Crippen molar-refractivity contribution in [3.05, 3.63) is 29.8 Å². The Morgan fingerprint density at radius 2 is 1.96 bits per heavy atom. The van der Waals surface area contributed by atoms with Crippen molar-refractivity contribution >= 4 is 39.8 Å². The van der Waals surface area contributed by atoms with E-state index in [2.05, 4.69) is 10.3 Å². The fourth-order valence-electron chi connectivity index (χ4n) is 2.88. The highest BCUT2D eigenvalue weighted by Gasteiger charge is 2.40. The molecule has 0 saturated carbocycles. The molecule has 26 heavy (non-hydrogen) atoms. The molecule has 1 aliphatic heterocycles. The van der Waals surface area contributed by atoms with Gasteiger partial charge in [0.2, 0.25) is 0 Å². The van der Waals surface area contributed by atoms with Crippen LogP contribution in [0, 0.1) is 0 Å². The summed E-state index contributed by atoms with van der Waals surface area (Å²) in [7, 11) is -3.05. The standard InChI is InChI=1S/C18H29N3O3S.HI/c1-4-19-17(21-12-13-25(23,24)18(2,3)14-21)20-11-5-6-15-7-9-16(22)10-8-15;/h7-10,22H,4-6,11-14H2,1-3H3,(H,19,20);1H. The van der Waals surface area contributed by atoms with Gasteiger partial charge in [-0.05, 0) is 51.3 Å². The molecule has 0 unspecified atom stereocenters. The average molecular weight is 495 g/mol. The summed E-state index contributed by atoms with van der Waals surface area (Å²) in [5.74, 6) is 1.23. The van der Waals surface area contributed by atoms with Crippen LogP contribution < -0.4 is 5.32 Å². The number of aromatic hydroxyl groups is 1. The molecule has 2 N–H and O–H groups in total. The highest BCUT2D eigenvalue weighted by molar-refractivity contribution is 14.0. The molecular weight excluding hydrogens is 465 g/mol. The van der Waals surface area contributed by atoms with Gasteiger partial charge in [0.1, 0.15) is 5.75 Å². The molecule has 1 heterocycles. The maximum absolute atomic E-state index is 12.2. The number of hydrogen-bond acceptors (Lipinski definition) is 4. The number of phenolic OH excluding ortho intramolecular Hbond substituents is 1. The normalized spacial score (nSPS) is 18.9. The summed E-state index contributed by atoms with van der Waals surface area (Å²) in [6, 6.07) is 7.22. The maximum atomic E-state index is 12.2. The monoisotopic (exact) mass is 495 g/mol. The first-order chi connectivity index (χ1) is 11.7. The maximum Gasteiger partial charge on any atom is 0.193 e. The number of rotatable bonds is 5. The van der Waals surface area contributed by atoms with E-state index in [4.69, 9.17) is 0 Å². The van der Waals surface area contributed by atoms with Gasteiger partial charge in [-0.25, -0.2) is 8.42 Å². The number of phenols is 1. The first kappa shape index (κ1) is 23.0. The molecule has 0 aromatic heterocycles. The van der Waals surface area contributed by atoms with Crippen LogP contribution in [0.1, 0.15) is 32.8 Å². The molecule has 8 heteroatoms. The lowest BCUT2D eigenvalue weighted by molar-refractivity contribution is 0.353. The van der Waals surface area contributed by atoms with E-state index in [0.717, 1.165) is 25.3 Å². The number of guanidine groups is 1. The van der Waals surface area contributed by atoms with Crippen molar-refractivity contribution in [3.63, 3.8) is 0 Å². The van der Waals surface area contributed by atoms with E-state index in [1.54, 1.807) is 26.0 Å². The van der Waals surface area contributed by atoms with Gasteiger partial charge in [-0.15, -0.1) is 24.0 Å². The molecule has 0 bridgehead atoms. The van der Waals surface area contributed by atoms with E-state index < -0.39 is 14.6 Å². The van der Waals surface area contributed by atoms with Crippen molar-refractivity contribution in [3.8, 4) is 5.75 Å². The van der Waals surface area contributed by atoms with Crippen LogP contribution in [0.4, 0.5) is 0 Å². The number of hydrogen-bond donors (Lipinski definition) is 2. The first-order valence-electron chi connectivity index (χ1n) is 8.78. The number of aliphatic imine (C=N–C) groups is 1. The summed E-state index contributed by atoms with van der Waals surface area (Å²) in [5, 5.41) is 12.6. The van der Waals surface area contributed by atoms with Crippen molar-refractivity contribution in [1.82, 2.24) is 10.2 Å². The third-order valence-corrected chi connectivity index (χ3v) is 7.03. The van der Waals surface area contributed by atoms with Crippen molar-refractivity contribution in [2.24, 2.45) is 4.99 Å². The lowest BCUT2D eigenvalue weighted by Gasteiger charge is -2.39.